The van der Waals surface area contributed by atoms with Crippen LogP contribution in [0.15, 0.2) is 22.3 Å². The van der Waals surface area contributed by atoms with Crippen molar-refractivity contribution >= 4 is 11.3 Å². The molecule has 0 saturated carbocycles. The molecule has 0 fully saturated rings. The van der Waals surface area contributed by atoms with E-state index < -0.39 is 0 Å². The van der Waals surface area contributed by atoms with Gasteiger partial charge in [0.15, 0.2) is 0 Å². The summed E-state index contributed by atoms with van der Waals surface area (Å²) in [4.78, 5) is 11.5. The van der Waals surface area contributed by atoms with Gasteiger partial charge in [0.05, 0.1) is 0 Å². The summed E-state index contributed by atoms with van der Waals surface area (Å²) < 4.78 is 1.76. The van der Waals surface area contributed by atoms with Gasteiger partial charge >= 0.3 is 4.87 Å². The van der Waals surface area contributed by atoms with E-state index in [1.807, 2.05) is 12.3 Å². The van der Waals surface area contributed by atoms with Crippen molar-refractivity contribution in [3.8, 4) is 0 Å². The number of hydrogen-bond acceptors (Lipinski definition) is 3. The first-order chi connectivity index (χ1) is 7.15. The maximum atomic E-state index is 11.4. The summed E-state index contributed by atoms with van der Waals surface area (Å²) in [5.41, 5.74) is 2.06. The Morgan fingerprint density at radius 2 is 2.40 bits per heavy atom. The van der Waals surface area contributed by atoms with Gasteiger partial charge in [-0.1, -0.05) is 24.8 Å². The molecular weight excluding hydrogens is 208 g/mol. The molecule has 4 heteroatoms. The number of nitrogens with one attached hydrogen (secondary N) is 1. The maximum absolute atomic E-state index is 11.4. The van der Waals surface area contributed by atoms with E-state index in [1.165, 1.54) is 11.3 Å². The van der Waals surface area contributed by atoms with Crippen molar-refractivity contribution in [1.82, 2.24) is 9.88 Å². The average Bonchev–Trinajstić information content (AvgIpc) is 2.50. The second kappa shape index (κ2) is 5.88. The minimum absolute atomic E-state index is 0.101. The predicted octanol–water partition coefficient (Wildman–Crippen LogP) is 1.77. The highest BCUT2D eigenvalue weighted by Crippen LogP contribution is 2.02. The number of hydrogen-bond donors (Lipinski definition) is 1. The molecule has 1 heterocycles. The van der Waals surface area contributed by atoms with E-state index in [0.717, 1.165) is 30.8 Å². The topological polar surface area (TPSA) is 34.0 Å². The highest BCUT2D eigenvalue weighted by Gasteiger charge is 2.03. The molecule has 0 saturated heterocycles. The van der Waals surface area contributed by atoms with Crippen LogP contribution in [0.3, 0.4) is 0 Å². The lowest BCUT2D eigenvalue weighted by Crippen LogP contribution is -2.23. The third-order valence-corrected chi connectivity index (χ3v) is 3.04. The van der Waals surface area contributed by atoms with Gasteiger partial charge in [-0.15, -0.1) is 0 Å². The summed E-state index contributed by atoms with van der Waals surface area (Å²) >= 11 is 1.25. The van der Waals surface area contributed by atoms with E-state index in [0.29, 0.717) is 6.54 Å². The summed E-state index contributed by atoms with van der Waals surface area (Å²) in [6.45, 7) is 10.5. The number of aryl methyl sites for hydroxylation is 1. The van der Waals surface area contributed by atoms with Crippen LogP contribution in [-0.2, 0) is 6.54 Å². The molecule has 0 aromatic carbocycles. The minimum Gasteiger partial charge on any atom is -0.313 e. The molecule has 1 aromatic heterocycles. The smallest absolute Gasteiger partial charge is 0.307 e. The van der Waals surface area contributed by atoms with E-state index in [-0.39, 0.29) is 4.87 Å². The van der Waals surface area contributed by atoms with Crippen LogP contribution in [0.1, 0.15) is 19.0 Å². The van der Waals surface area contributed by atoms with E-state index in [2.05, 4.69) is 18.8 Å². The van der Waals surface area contributed by atoms with Crippen LogP contribution < -0.4 is 10.2 Å². The van der Waals surface area contributed by atoms with Gasteiger partial charge in [0.2, 0.25) is 0 Å². The SMILES string of the molecule is C=C(CNCCC)Cn1c(C)csc1=O. The number of thiazole rings is 1. The molecular formula is C11H18N2OS. The molecule has 0 radical (unpaired) electrons. The Morgan fingerprint density at radius 3 is 2.93 bits per heavy atom. The van der Waals surface area contributed by atoms with Crippen LogP contribution >= 0.6 is 11.3 Å². The molecule has 0 unspecified atom stereocenters. The third-order valence-electron chi connectivity index (χ3n) is 2.16. The van der Waals surface area contributed by atoms with Crippen molar-refractivity contribution in [1.29, 1.82) is 0 Å². The molecule has 0 amide bonds. The standard InChI is InChI=1S/C11H18N2OS/c1-4-5-12-6-9(2)7-13-10(3)8-15-11(13)14/h8,12H,2,4-7H2,1,3H3. The zero-order valence-electron chi connectivity index (χ0n) is 9.38. The maximum Gasteiger partial charge on any atom is 0.307 e. The highest BCUT2D eigenvalue weighted by molar-refractivity contribution is 7.07. The zero-order chi connectivity index (χ0) is 11.3. The Bertz CT molecular complexity index is 378. The second-order valence-corrected chi connectivity index (χ2v) is 4.48. The number of nitrogens with zero attached hydrogens (tertiary/aromatic N) is 1. The van der Waals surface area contributed by atoms with Crippen molar-refractivity contribution in [2.45, 2.75) is 26.8 Å². The van der Waals surface area contributed by atoms with Crippen molar-refractivity contribution in [3.05, 3.63) is 32.9 Å². The fraction of sp³-hybridized carbons (Fsp3) is 0.545. The van der Waals surface area contributed by atoms with Crippen molar-refractivity contribution < 1.29 is 0 Å². The molecule has 0 bridgehead atoms. The van der Waals surface area contributed by atoms with E-state index in [9.17, 15) is 4.79 Å². The summed E-state index contributed by atoms with van der Waals surface area (Å²) in [6.07, 6.45) is 1.12. The summed E-state index contributed by atoms with van der Waals surface area (Å²) in [7, 11) is 0. The Kier molecular flexibility index (Phi) is 4.78. The van der Waals surface area contributed by atoms with E-state index >= 15 is 0 Å². The van der Waals surface area contributed by atoms with Crippen LogP contribution in [0.2, 0.25) is 0 Å². The molecule has 3 nitrogen and oxygen atoms in total. The fourth-order valence-electron chi connectivity index (χ4n) is 1.32. The summed E-state index contributed by atoms with van der Waals surface area (Å²) in [5, 5.41) is 5.16. The summed E-state index contributed by atoms with van der Waals surface area (Å²) in [6, 6.07) is 0. The molecule has 0 spiro atoms. The van der Waals surface area contributed by atoms with Gasteiger partial charge in [-0.2, -0.15) is 0 Å². The second-order valence-electron chi connectivity index (χ2n) is 3.66. The van der Waals surface area contributed by atoms with E-state index in [1.54, 1.807) is 4.57 Å². The molecule has 0 aliphatic carbocycles. The summed E-state index contributed by atoms with van der Waals surface area (Å²) in [5.74, 6) is 0. The Morgan fingerprint density at radius 1 is 1.67 bits per heavy atom. The molecule has 15 heavy (non-hydrogen) atoms. The van der Waals surface area contributed by atoms with Crippen LogP contribution in [0.25, 0.3) is 0 Å². The first-order valence-corrected chi connectivity index (χ1v) is 6.05. The normalized spacial score (nSPS) is 10.5. The quantitative estimate of drug-likeness (QED) is 0.592. The largest absolute Gasteiger partial charge is 0.313 e. The lowest BCUT2D eigenvalue weighted by molar-refractivity contribution is 0.663. The monoisotopic (exact) mass is 226 g/mol. The third kappa shape index (κ3) is 3.64. The van der Waals surface area contributed by atoms with Gasteiger partial charge < -0.3 is 5.32 Å². The molecule has 1 rings (SSSR count). The van der Waals surface area contributed by atoms with Gasteiger partial charge in [0.25, 0.3) is 0 Å². The predicted molar refractivity (Wildman–Crippen MR) is 65.6 cm³/mol. The number of rotatable bonds is 6. The first-order valence-electron chi connectivity index (χ1n) is 5.17. The minimum atomic E-state index is 0.101. The molecule has 84 valence electrons. The molecule has 0 aliphatic heterocycles. The van der Waals surface area contributed by atoms with Crippen LogP contribution in [0.4, 0.5) is 0 Å². The van der Waals surface area contributed by atoms with Crippen molar-refractivity contribution in [2.24, 2.45) is 0 Å². The lowest BCUT2D eigenvalue weighted by atomic mass is 10.3. The molecule has 0 atom stereocenters. The molecule has 1 aromatic rings. The lowest BCUT2D eigenvalue weighted by Gasteiger charge is -2.08. The zero-order valence-corrected chi connectivity index (χ0v) is 10.2. The first kappa shape index (κ1) is 12.2. The van der Waals surface area contributed by atoms with Crippen LogP contribution in [0.5, 0.6) is 0 Å². The van der Waals surface area contributed by atoms with E-state index in [4.69, 9.17) is 0 Å². The van der Waals surface area contributed by atoms with Gasteiger partial charge in [-0.05, 0) is 25.5 Å². The van der Waals surface area contributed by atoms with Crippen LogP contribution in [-0.4, -0.2) is 17.7 Å². The Hall–Kier alpha value is -0.870. The van der Waals surface area contributed by atoms with Crippen LogP contribution in [0, 0.1) is 6.92 Å². The molecule has 0 aliphatic rings. The molecule has 1 N–H and O–H groups in total. The van der Waals surface area contributed by atoms with Gasteiger partial charge in [-0.3, -0.25) is 9.36 Å². The van der Waals surface area contributed by atoms with Crippen molar-refractivity contribution in [3.63, 3.8) is 0 Å². The van der Waals surface area contributed by atoms with Gasteiger partial charge in [-0.25, -0.2) is 0 Å². The van der Waals surface area contributed by atoms with Crippen molar-refractivity contribution in [2.75, 3.05) is 13.1 Å². The van der Waals surface area contributed by atoms with Gasteiger partial charge in [0.1, 0.15) is 0 Å². The fourth-order valence-corrected chi connectivity index (χ4v) is 2.05. The Labute approximate surface area is 94.4 Å². The number of aromatic nitrogens is 1. The highest BCUT2D eigenvalue weighted by atomic mass is 32.1. The average molecular weight is 226 g/mol. The Balaban J connectivity index is 2.48. The van der Waals surface area contributed by atoms with Gasteiger partial charge in [0, 0.05) is 24.2 Å².